The first-order valence-electron chi connectivity index (χ1n) is 15.3. The number of azo groups is 2. The van der Waals surface area contributed by atoms with Gasteiger partial charge in [0.05, 0.1) is 31.0 Å². The van der Waals surface area contributed by atoms with Crippen molar-refractivity contribution in [3.63, 3.8) is 0 Å². The average Bonchev–Trinajstić information content (AvgIpc) is 3.09. The maximum absolute atomic E-state index is 12.1. The molecule has 0 aliphatic heterocycles. The topological polar surface area (TPSA) is 371 Å². The standard InChI is InChI=1S/C32H26N6O14S4.4Na/c33-23-13-21(53(41,42)43)9-17-11-25(55(47,48)49)29(31(39)27(17)23)37-35-19-5-1-15(2-6-19)16-3-7-20(8-4-16)36-38-30-26(56(50,51)52)12-18-10-22(54(44,45)46)14-24(34)28(18)32(30)40;;;;/h1-11,13-14,18,39-40H,12,33-34H2,(H,41,42,43)(H,44,45,46)(H,47,48,49)(H,50,51,52);;;;/q;4*+1/p-4. The first-order chi connectivity index (χ1) is 25.9. The van der Waals surface area contributed by atoms with Crippen LogP contribution in [0, 0.1) is 5.92 Å². The van der Waals surface area contributed by atoms with Crippen molar-refractivity contribution in [3.05, 3.63) is 111 Å². The molecule has 0 radical (unpaired) electrons. The van der Waals surface area contributed by atoms with Crippen molar-refractivity contribution in [3.8, 4) is 16.9 Å². The molecule has 0 fully saturated rings. The predicted octanol–water partition coefficient (Wildman–Crippen LogP) is -8.01. The maximum atomic E-state index is 12.1. The molecular weight excluding hydrogens is 913 g/mol. The fraction of sp³-hybridized carbons (Fsp3) is 0.0625. The number of benzene rings is 4. The SMILES string of the molecule is NC1=CC(S(=O)(=O)[O-])=CC2CC(S(=O)(=O)[O-])=C(N=Nc3ccc(-c4ccc(N=Nc5c(S(=O)(=O)[O-])cc6cc(S(=O)(=O)[O-])cc(N)c6c5O)cc4)cc3)C(O)=C12.[Na+].[Na+].[Na+].[Na+]. The van der Waals surface area contributed by atoms with Crippen LogP contribution in [0.3, 0.4) is 0 Å². The molecule has 6 N–H and O–H groups in total. The number of fused-ring (bicyclic) bond motifs is 2. The third kappa shape index (κ3) is 11.8. The number of nitrogen functional groups attached to an aromatic ring is 1. The molecule has 0 saturated heterocycles. The van der Waals surface area contributed by atoms with E-state index in [1.807, 2.05) is 0 Å². The van der Waals surface area contributed by atoms with Gasteiger partial charge in [-0.2, -0.15) is 10.2 Å². The summed E-state index contributed by atoms with van der Waals surface area (Å²) >= 11 is 0. The summed E-state index contributed by atoms with van der Waals surface area (Å²) in [6.07, 6.45) is 1.02. The molecule has 28 heteroatoms. The van der Waals surface area contributed by atoms with Crippen molar-refractivity contribution in [1.29, 1.82) is 0 Å². The van der Waals surface area contributed by atoms with Gasteiger partial charge < -0.3 is 39.9 Å². The maximum Gasteiger partial charge on any atom is 1.00 e. The average molecular weight is 935 g/mol. The zero-order chi connectivity index (χ0) is 41.1. The Morgan fingerprint density at radius 2 is 1.15 bits per heavy atom. The Kier molecular flexibility index (Phi) is 18.4. The zero-order valence-electron chi connectivity index (χ0n) is 31.7. The minimum atomic E-state index is -5.34. The molecule has 0 heterocycles. The normalized spacial score (nSPS) is 16.0. The van der Waals surface area contributed by atoms with Gasteiger partial charge in [0.2, 0.25) is 0 Å². The van der Waals surface area contributed by atoms with Crippen molar-refractivity contribution >= 4 is 74.0 Å². The Bertz CT molecular complexity index is 3030. The summed E-state index contributed by atoms with van der Waals surface area (Å²) < 4.78 is 142. The van der Waals surface area contributed by atoms with E-state index in [0.717, 1.165) is 24.3 Å². The number of aliphatic hydroxyl groups excluding tert-OH is 1. The Morgan fingerprint density at radius 1 is 0.633 bits per heavy atom. The van der Waals surface area contributed by atoms with Crippen molar-refractivity contribution in [2.24, 2.45) is 32.1 Å². The second-order valence-corrected chi connectivity index (χ2v) is 17.5. The van der Waals surface area contributed by atoms with E-state index in [-0.39, 0.29) is 152 Å². The molecule has 6 rings (SSSR count). The summed E-state index contributed by atoms with van der Waals surface area (Å²) in [5.74, 6) is -2.99. The molecule has 1 unspecified atom stereocenters. The third-order valence-electron chi connectivity index (χ3n) is 8.40. The molecule has 1 atom stereocenters. The van der Waals surface area contributed by atoms with Crippen LogP contribution in [0.1, 0.15) is 6.42 Å². The molecule has 2 aliphatic carbocycles. The van der Waals surface area contributed by atoms with Crippen molar-refractivity contribution < 1.29 is 180 Å². The van der Waals surface area contributed by atoms with E-state index in [1.54, 1.807) is 24.3 Å². The van der Waals surface area contributed by atoms with Gasteiger partial charge in [0.25, 0.3) is 0 Å². The number of nitrogens with two attached hydrogens (primary N) is 2. The van der Waals surface area contributed by atoms with Gasteiger partial charge >= 0.3 is 118 Å². The Balaban J connectivity index is 0.00000310. The van der Waals surface area contributed by atoms with Crippen LogP contribution in [0.15, 0.2) is 142 Å². The second-order valence-electron chi connectivity index (χ2n) is 12.0. The van der Waals surface area contributed by atoms with Crippen LogP contribution in [0.2, 0.25) is 0 Å². The summed E-state index contributed by atoms with van der Waals surface area (Å²) in [7, 11) is -20.6. The van der Waals surface area contributed by atoms with Gasteiger partial charge in [0.1, 0.15) is 57.6 Å². The van der Waals surface area contributed by atoms with Gasteiger partial charge in [0, 0.05) is 28.3 Å². The fourth-order valence-electron chi connectivity index (χ4n) is 5.86. The monoisotopic (exact) mass is 934 g/mol. The summed E-state index contributed by atoms with van der Waals surface area (Å²) in [5.41, 5.74) is 10.7. The summed E-state index contributed by atoms with van der Waals surface area (Å²) in [4.78, 5) is -3.56. The van der Waals surface area contributed by atoms with Crippen LogP contribution < -0.4 is 130 Å². The van der Waals surface area contributed by atoms with E-state index in [1.165, 1.54) is 24.3 Å². The van der Waals surface area contributed by atoms with Gasteiger partial charge in [-0.3, -0.25) is 0 Å². The Labute approximate surface area is 430 Å². The molecule has 4 aromatic rings. The number of hydrogen-bond acceptors (Lipinski definition) is 20. The number of allylic oxidation sites excluding steroid dienone is 4. The number of nitrogens with zero attached hydrogens (tertiary/aromatic N) is 4. The second kappa shape index (κ2) is 20.3. The summed E-state index contributed by atoms with van der Waals surface area (Å²) in [6, 6.07) is 14.3. The molecule has 0 amide bonds. The molecule has 292 valence electrons. The molecule has 2 aliphatic rings. The van der Waals surface area contributed by atoms with Gasteiger partial charge in [-0.05, 0) is 71.5 Å². The summed E-state index contributed by atoms with van der Waals surface area (Å²) in [5, 5.41) is 36.5. The van der Waals surface area contributed by atoms with Crippen molar-refractivity contribution in [1.82, 2.24) is 0 Å². The first-order valence-corrected chi connectivity index (χ1v) is 20.9. The zero-order valence-corrected chi connectivity index (χ0v) is 42.9. The number of hydrogen-bond donors (Lipinski definition) is 4. The van der Waals surface area contributed by atoms with Crippen LogP contribution in [0.4, 0.5) is 22.7 Å². The van der Waals surface area contributed by atoms with Gasteiger partial charge in [0.15, 0.2) is 5.75 Å². The Hall–Kier alpha value is -1.86. The molecule has 0 spiro atoms. The number of aromatic hydroxyl groups is 1. The van der Waals surface area contributed by atoms with Gasteiger partial charge in [-0.1, -0.05) is 30.3 Å². The number of rotatable bonds is 9. The number of aliphatic hydroxyl groups is 1. The summed E-state index contributed by atoms with van der Waals surface area (Å²) in [6.45, 7) is 0. The number of phenolic OH excluding ortho intramolecular Hbond substituents is 1. The Morgan fingerprint density at radius 3 is 1.62 bits per heavy atom. The predicted molar refractivity (Wildman–Crippen MR) is 191 cm³/mol. The van der Waals surface area contributed by atoms with Crippen LogP contribution in [-0.4, -0.2) is 62.1 Å². The largest absolute Gasteiger partial charge is 1.00 e. The molecule has 60 heavy (non-hydrogen) atoms. The van der Waals surface area contributed by atoms with E-state index in [2.05, 4.69) is 20.5 Å². The van der Waals surface area contributed by atoms with Crippen LogP contribution in [-0.2, 0) is 40.5 Å². The van der Waals surface area contributed by atoms with Crippen LogP contribution >= 0.6 is 0 Å². The van der Waals surface area contributed by atoms with Crippen molar-refractivity contribution in [2.75, 3.05) is 5.73 Å². The molecule has 20 nitrogen and oxygen atoms in total. The van der Waals surface area contributed by atoms with E-state index in [4.69, 9.17) is 11.5 Å². The van der Waals surface area contributed by atoms with Crippen molar-refractivity contribution in [2.45, 2.75) is 16.2 Å². The first kappa shape index (κ1) is 54.3. The smallest absolute Gasteiger partial charge is 0.744 e. The van der Waals surface area contributed by atoms with E-state index in [0.29, 0.717) is 17.2 Å². The number of anilines is 1. The minimum Gasteiger partial charge on any atom is -0.744 e. The van der Waals surface area contributed by atoms with E-state index < -0.39 is 101 Å². The van der Waals surface area contributed by atoms with Gasteiger partial charge in [-0.25, -0.2) is 33.7 Å². The fourth-order valence-corrected chi connectivity index (χ4v) is 8.41. The number of phenols is 1. The van der Waals surface area contributed by atoms with Crippen LogP contribution in [0.25, 0.3) is 21.9 Å². The van der Waals surface area contributed by atoms with Crippen LogP contribution in [0.5, 0.6) is 5.75 Å². The molecular formula is C32H22N6Na4O14S4. The van der Waals surface area contributed by atoms with E-state index >= 15 is 0 Å². The minimum absolute atomic E-state index is 0. The molecule has 0 bridgehead atoms. The van der Waals surface area contributed by atoms with Gasteiger partial charge in [-0.15, -0.1) is 10.2 Å². The van der Waals surface area contributed by atoms with E-state index in [9.17, 15) is 62.1 Å². The molecule has 0 aromatic heterocycles. The third-order valence-corrected chi connectivity index (χ3v) is 11.9. The molecule has 0 saturated carbocycles. The quantitative estimate of drug-likeness (QED) is 0.0524. The molecule has 4 aromatic carbocycles.